The van der Waals surface area contributed by atoms with Gasteiger partial charge in [-0.15, -0.1) is 0 Å². The van der Waals surface area contributed by atoms with Crippen LogP contribution in [0.2, 0.25) is 0 Å². The van der Waals surface area contributed by atoms with E-state index in [9.17, 15) is 24.0 Å². The molecule has 1 atom stereocenters. The number of nitrogens with zero attached hydrogens (tertiary/aromatic N) is 3. The number of H-pyrrole nitrogens is 1. The number of rotatable bonds is 7. The molecule has 11 heteroatoms. The second-order valence-corrected chi connectivity index (χ2v) is 9.56. The van der Waals surface area contributed by atoms with Gasteiger partial charge in [-0.05, 0) is 30.9 Å². The number of carboxylic acids is 1. The summed E-state index contributed by atoms with van der Waals surface area (Å²) in [7, 11) is 0. The lowest BCUT2D eigenvalue weighted by molar-refractivity contribution is -0.137. The van der Waals surface area contributed by atoms with Crippen LogP contribution in [0.4, 0.5) is 10.5 Å². The number of para-hydroxylation sites is 1. The van der Waals surface area contributed by atoms with Crippen molar-refractivity contribution in [3.8, 4) is 0 Å². The lowest BCUT2D eigenvalue weighted by Crippen LogP contribution is -2.40. The van der Waals surface area contributed by atoms with Crippen LogP contribution in [0.25, 0.3) is 21.4 Å². The van der Waals surface area contributed by atoms with Crippen LogP contribution < -0.4 is 10.2 Å². The summed E-state index contributed by atoms with van der Waals surface area (Å²) in [5, 5.41) is 11.8. The number of aromatic nitrogens is 1. The lowest BCUT2D eigenvalue weighted by atomic mass is 9.97. The Kier molecular flexibility index (Phi) is 7.16. The van der Waals surface area contributed by atoms with Crippen LogP contribution >= 0.6 is 0 Å². The first kappa shape index (κ1) is 26.4. The van der Waals surface area contributed by atoms with E-state index in [0.29, 0.717) is 42.5 Å². The highest BCUT2D eigenvalue weighted by Gasteiger charge is 2.40. The molecule has 0 spiro atoms. The minimum absolute atomic E-state index is 0.0508. The highest BCUT2D eigenvalue weighted by molar-refractivity contribution is 6.45. The molecule has 0 saturated carbocycles. The first-order valence-electron chi connectivity index (χ1n) is 12.7. The molecule has 2 aliphatic rings. The number of carboxylic acid groups (broad SMARTS) is 1. The maximum atomic E-state index is 13.3. The SMILES string of the molecule is [C-]#[N+]C(=C1CCN(C(=O)C(=O)c2c[nH]c3c(N4C(=O)N[C@@H](CCC(=O)O)C4=O)cccc23)CC1)c1ccccc1. The number of piperidine rings is 1. The average molecular weight is 540 g/mol. The van der Waals surface area contributed by atoms with E-state index in [0.717, 1.165) is 16.0 Å². The van der Waals surface area contributed by atoms with Crippen molar-refractivity contribution >= 4 is 51.9 Å². The molecule has 3 N–H and O–H groups in total. The first-order chi connectivity index (χ1) is 19.3. The Labute approximate surface area is 228 Å². The molecule has 2 saturated heterocycles. The van der Waals surface area contributed by atoms with Crippen molar-refractivity contribution in [1.82, 2.24) is 15.2 Å². The van der Waals surface area contributed by atoms with Crippen molar-refractivity contribution in [1.29, 1.82) is 0 Å². The van der Waals surface area contributed by atoms with E-state index in [1.807, 2.05) is 30.3 Å². The number of nitrogens with one attached hydrogen (secondary N) is 2. The van der Waals surface area contributed by atoms with E-state index >= 15 is 0 Å². The maximum absolute atomic E-state index is 13.3. The standard InChI is InChI=1S/C29H25N5O6/c1-30-24(17-6-3-2-4-7-17)18-12-14-33(15-13-18)28(39)26(37)20-16-31-25-19(20)8-5-9-22(25)34-27(38)21(32-29(34)40)10-11-23(35)36/h2-9,16,21,31H,10-15H2,(H,32,40)(H,35,36)/t21-/m0/s1. The third kappa shape index (κ3) is 4.82. The molecule has 4 amide bonds. The third-order valence-electron chi connectivity index (χ3n) is 7.19. The van der Waals surface area contributed by atoms with Crippen LogP contribution in [0.1, 0.15) is 41.6 Å². The summed E-state index contributed by atoms with van der Waals surface area (Å²) in [5.74, 6) is -3.06. The van der Waals surface area contributed by atoms with Gasteiger partial charge in [-0.25, -0.2) is 14.5 Å². The highest BCUT2D eigenvalue weighted by atomic mass is 16.4. The molecule has 0 radical (unpaired) electrons. The van der Waals surface area contributed by atoms with E-state index in [-0.39, 0.29) is 24.1 Å². The average Bonchev–Trinajstić information content (AvgIpc) is 3.52. The number of carbonyl (C=O) groups excluding carboxylic acids is 4. The number of fused-ring (bicyclic) bond motifs is 1. The second-order valence-electron chi connectivity index (χ2n) is 9.56. The Morgan fingerprint density at radius 2 is 1.75 bits per heavy atom. The molecule has 2 fully saturated rings. The predicted molar refractivity (Wildman–Crippen MR) is 145 cm³/mol. The quantitative estimate of drug-likeness (QED) is 0.181. The van der Waals surface area contributed by atoms with Gasteiger partial charge in [0.15, 0.2) is 5.70 Å². The fraction of sp³-hybridized carbons (Fsp3) is 0.241. The Bertz CT molecular complexity index is 1610. The minimum atomic E-state index is -1.08. The van der Waals surface area contributed by atoms with Crippen molar-refractivity contribution in [3.63, 3.8) is 0 Å². The largest absolute Gasteiger partial charge is 0.481 e. The molecule has 3 aromatic rings. The molecular weight excluding hydrogens is 514 g/mol. The van der Waals surface area contributed by atoms with Gasteiger partial charge in [0.1, 0.15) is 6.04 Å². The van der Waals surface area contributed by atoms with Crippen LogP contribution in [0.15, 0.2) is 60.3 Å². The smallest absolute Gasteiger partial charge is 0.329 e. The topological polar surface area (TPSA) is 144 Å². The Morgan fingerprint density at radius 3 is 2.42 bits per heavy atom. The minimum Gasteiger partial charge on any atom is -0.481 e. The van der Waals surface area contributed by atoms with Crippen molar-refractivity contribution < 1.29 is 29.1 Å². The number of amides is 4. The van der Waals surface area contributed by atoms with Crippen LogP contribution in [0.3, 0.4) is 0 Å². The fourth-order valence-corrected chi connectivity index (χ4v) is 5.15. The zero-order valence-electron chi connectivity index (χ0n) is 21.3. The van der Waals surface area contributed by atoms with E-state index in [1.54, 1.807) is 12.1 Å². The highest BCUT2D eigenvalue weighted by Crippen LogP contribution is 2.32. The van der Waals surface area contributed by atoms with Gasteiger partial charge in [-0.3, -0.25) is 19.2 Å². The van der Waals surface area contributed by atoms with Gasteiger partial charge >= 0.3 is 12.0 Å². The number of carbonyl (C=O) groups is 5. The van der Waals surface area contributed by atoms with Crippen LogP contribution in [-0.4, -0.2) is 63.7 Å². The van der Waals surface area contributed by atoms with Crippen LogP contribution in [0, 0.1) is 6.57 Å². The number of hydrogen-bond acceptors (Lipinski definition) is 5. The molecule has 0 aliphatic carbocycles. The number of anilines is 1. The number of ketones is 1. The van der Waals surface area contributed by atoms with Gasteiger partial charge in [0.2, 0.25) is 0 Å². The molecule has 5 rings (SSSR count). The fourth-order valence-electron chi connectivity index (χ4n) is 5.15. The monoisotopic (exact) mass is 539 g/mol. The Hall–Kier alpha value is -5.24. The van der Waals surface area contributed by atoms with Crippen molar-refractivity contribution in [2.75, 3.05) is 18.0 Å². The molecule has 0 unspecified atom stereocenters. The van der Waals surface area contributed by atoms with Gasteiger partial charge in [0.05, 0.1) is 23.3 Å². The Morgan fingerprint density at radius 1 is 1.02 bits per heavy atom. The summed E-state index contributed by atoms with van der Waals surface area (Å²) in [6, 6.07) is 12.4. The molecular formula is C29H25N5O6. The van der Waals surface area contributed by atoms with Crippen molar-refractivity contribution in [2.24, 2.45) is 0 Å². The summed E-state index contributed by atoms with van der Waals surface area (Å²) >= 11 is 0. The van der Waals surface area contributed by atoms with Crippen molar-refractivity contribution in [3.05, 3.63) is 82.8 Å². The van der Waals surface area contributed by atoms with E-state index in [2.05, 4.69) is 15.1 Å². The summed E-state index contributed by atoms with van der Waals surface area (Å²) in [6.07, 6.45) is 2.02. The zero-order chi connectivity index (χ0) is 28.4. The summed E-state index contributed by atoms with van der Waals surface area (Å²) in [5.41, 5.74) is 3.00. The molecule has 1 aromatic heterocycles. The number of aliphatic carboxylic acids is 1. The number of urea groups is 1. The molecule has 11 nitrogen and oxygen atoms in total. The predicted octanol–water partition coefficient (Wildman–Crippen LogP) is 3.59. The summed E-state index contributed by atoms with van der Waals surface area (Å²) in [6.45, 7) is 8.23. The van der Waals surface area contributed by atoms with Gasteiger partial charge in [-0.1, -0.05) is 48.0 Å². The number of aromatic amines is 1. The molecule has 2 aliphatic heterocycles. The molecule has 3 heterocycles. The van der Waals surface area contributed by atoms with E-state index in [1.165, 1.54) is 17.2 Å². The van der Waals surface area contributed by atoms with Crippen LogP contribution in [0.5, 0.6) is 0 Å². The van der Waals surface area contributed by atoms with Gasteiger partial charge in [-0.2, -0.15) is 0 Å². The third-order valence-corrected chi connectivity index (χ3v) is 7.19. The summed E-state index contributed by atoms with van der Waals surface area (Å²) in [4.78, 5) is 71.9. The Balaban J connectivity index is 1.34. The number of Topliss-reactive ketones (excluding diaryl/α,β-unsaturated/α-hetero) is 1. The molecule has 0 bridgehead atoms. The number of benzene rings is 2. The summed E-state index contributed by atoms with van der Waals surface area (Å²) < 4.78 is 0. The van der Waals surface area contributed by atoms with Gasteiger partial charge < -0.3 is 20.3 Å². The second kappa shape index (κ2) is 10.9. The van der Waals surface area contributed by atoms with E-state index < -0.39 is 35.6 Å². The molecule has 40 heavy (non-hydrogen) atoms. The lowest BCUT2D eigenvalue weighted by Gasteiger charge is -2.28. The zero-order valence-corrected chi connectivity index (χ0v) is 21.3. The maximum Gasteiger partial charge on any atom is 0.329 e. The van der Waals surface area contributed by atoms with Crippen LogP contribution in [-0.2, 0) is 14.4 Å². The first-order valence-corrected chi connectivity index (χ1v) is 12.7. The van der Waals surface area contributed by atoms with Gasteiger partial charge in [0, 0.05) is 31.1 Å². The normalized spacial score (nSPS) is 17.1. The number of hydrogen-bond donors (Lipinski definition) is 3. The number of likely N-dealkylation sites (tertiary alicyclic amines) is 1. The molecule has 2 aromatic carbocycles. The van der Waals surface area contributed by atoms with Crippen molar-refractivity contribution in [2.45, 2.75) is 31.7 Å². The molecule has 202 valence electrons. The van der Waals surface area contributed by atoms with Gasteiger partial charge in [0.25, 0.3) is 17.6 Å². The number of imide groups is 1. The van der Waals surface area contributed by atoms with E-state index in [4.69, 9.17) is 11.7 Å².